The third-order valence-electron chi connectivity index (χ3n) is 9.69. The van der Waals surface area contributed by atoms with Gasteiger partial charge in [-0.1, -0.05) is 0 Å². The lowest BCUT2D eigenvalue weighted by molar-refractivity contribution is -0.919. The van der Waals surface area contributed by atoms with Crippen LogP contribution >= 0.6 is 0 Å². The lowest BCUT2D eigenvalue weighted by Gasteiger charge is -2.39. The van der Waals surface area contributed by atoms with Gasteiger partial charge in [-0.15, -0.1) is 0 Å². The number of nitrogens with two attached hydrogens (primary N) is 2. The van der Waals surface area contributed by atoms with Crippen LogP contribution in [-0.2, 0) is 14.4 Å². The van der Waals surface area contributed by atoms with Crippen LogP contribution in [0.5, 0.6) is 0 Å². The molecule has 1 amide bonds. The Bertz CT molecular complexity index is 739. The van der Waals surface area contributed by atoms with Crippen LogP contribution in [0.15, 0.2) is 0 Å². The van der Waals surface area contributed by atoms with Crippen molar-refractivity contribution in [3.05, 3.63) is 0 Å². The maximum absolute atomic E-state index is 11.5. The molecule has 0 aromatic carbocycles. The quantitative estimate of drug-likeness (QED) is 0.252. The van der Waals surface area contributed by atoms with Crippen LogP contribution in [0.1, 0.15) is 64.2 Å². The smallest absolute Gasteiger partial charge is 0.220 e. The molecular weight excluding hydrogens is 448 g/mol. The molecule has 6 unspecified atom stereocenters. The molecule has 0 aromatic heterocycles. The van der Waals surface area contributed by atoms with E-state index in [2.05, 4.69) is 21.0 Å². The van der Waals surface area contributed by atoms with E-state index in [4.69, 9.17) is 10.6 Å². The van der Waals surface area contributed by atoms with Gasteiger partial charge in [0, 0.05) is 62.5 Å². The molecule has 1 aliphatic carbocycles. The lowest BCUT2D eigenvalue weighted by Crippen LogP contribution is -3.15. The van der Waals surface area contributed by atoms with Crippen molar-refractivity contribution >= 4 is 11.9 Å². The van der Waals surface area contributed by atoms with E-state index in [1.807, 2.05) is 0 Å². The van der Waals surface area contributed by atoms with Gasteiger partial charge in [0.05, 0.1) is 25.8 Å². The van der Waals surface area contributed by atoms with Crippen LogP contribution in [0, 0.1) is 23.7 Å². The Labute approximate surface area is 208 Å². The van der Waals surface area contributed by atoms with E-state index in [1.54, 1.807) is 4.90 Å². The fourth-order valence-corrected chi connectivity index (χ4v) is 7.50. The average molecular weight is 494 g/mol. The minimum Gasteiger partial charge on any atom is -0.550 e. The zero-order valence-corrected chi connectivity index (χ0v) is 21.0. The zero-order valence-electron chi connectivity index (χ0n) is 21.0. The molecule has 5 fully saturated rings. The Morgan fingerprint density at radius 1 is 1.06 bits per heavy atom. The number of likely N-dealkylation sites (tertiary alicyclic amines) is 2. The second-order valence-corrected chi connectivity index (χ2v) is 11.8. The van der Waals surface area contributed by atoms with Crippen molar-refractivity contribution in [1.29, 1.82) is 0 Å². The number of hydroxylamine groups is 1. The molecule has 0 aromatic rings. The zero-order chi connectivity index (χ0) is 24.4. The predicted octanol–water partition coefficient (Wildman–Crippen LogP) is -3.14. The number of carboxylic acid groups (broad SMARTS) is 1. The Hall–Kier alpha value is -1.30. The molecule has 6 atom stereocenters. The normalized spacial score (nSPS) is 41.7. The summed E-state index contributed by atoms with van der Waals surface area (Å²) in [5, 5.41) is 17.4. The molecule has 0 spiro atoms. The number of nitrogens with zero attached hydrogens (tertiary/aromatic N) is 1. The summed E-state index contributed by atoms with van der Waals surface area (Å²) < 4.78 is 0. The molecule has 4 aliphatic heterocycles. The van der Waals surface area contributed by atoms with Crippen molar-refractivity contribution in [2.24, 2.45) is 29.4 Å². The highest BCUT2D eigenvalue weighted by Crippen LogP contribution is 2.28. The standard InChI is InChI=1S/C25H44N6O4/c26-22(32)17-8-12-30(13-9-17)21-14-19(7-10-27-21)23-28-24(35-29-23)20-2-1-11-31(20)15-16-3-5-18(6-4-16)25(33)34/h16-21,23-24,27-29H,1-15H2,(H2,26,32)(H,33,34)/p+1. The van der Waals surface area contributed by atoms with Crippen LogP contribution in [0.3, 0.4) is 0 Å². The van der Waals surface area contributed by atoms with E-state index in [0.29, 0.717) is 24.0 Å². The first-order chi connectivity index (χ1) is 17.0. The van der Waals surface area contributed by atoms with Crippen molar-refractivity contribution in [1.82, 2.24) is 15.7 Å². The van der Waals surface area contributed by atoms with E-state index >= 15 is 0 Å². The highest BCUT2D eigenvalue weighted by Gasteiger charge is 2.45. The third-order valence-corrected chi connectivity index (χ3v) is 9.69. The maximum Gasteiger partial charge on any atom is 0.220 e. The number of amides is 1. The summed E-state index contributed by atoms with van der Waals surface area (Å²) in [7, 11) is 0. The fraction of sp³-hybridized carbons (Fsp3) is 0.920. The van der Waals surface area contributed by atoms with Crippen LogP contribution < -0.4 is 31.9 Å². The Kier molecular flexibility index (Phi) is 8.25. The SMILES string of the molecule is NC(=O)C1CCN(C2CC(C3NOC(C4CCC[NH+]4CC4CCC(C(=O)[O-])CC4)N3)CC[NH2+]2)CC1. The van der Waals surface area contributed by atoms with Gasteiger partial charge < -0.3 is 25.9 Å². The molecule has 7 N–H and O–H groups in total. The van der Waals surface area contributed by atoms with E-state index in [1.165, 1.54) is 19.4 Å². The monoisotopic (exact) mass is 493 g/mol. The van der Waals surface area contributed by atoms with Gasteiger partial charge in [0.15, 0.2) is 6.23 Å². The van der Waals surface area contributed by atoms with Crippen LogP contribution in [0.2, 0.25) is 0 Å². The molecule has 10 nitrogen and oxygen atoms in total. The highest BCUT2D eigenvalue weighted by atomic mass is 16.7. The summed E-state index contributed by atoms with van der Waals surface area (Å²) in [5.41, 5.74) is 8.87. The van der Waals surface area contributed by atoms with Crippen molar-refractivity contribution in [2.45, 2.75) is 88.8 Å². The second-order valence-electron chi connectivity index (χ2n) is 11.8. The van der Waals surface area contributed by atoms with Gasteiger partial charge in [-0.2, -0.15) is 5.48 Å². The molecule has 5 aliphatic rings. The van der Waals surface area contributed by atoms with Crippen LogP contribution in [0.4, 0.5) is 0 Å². The number of rotatable bonds is 7. The summed E-state index contributed by atoms with van der Waals surface area (Å²) in [6.07, 6.45) is 10.7. The minimum absolute atomic E-state index is 0.0349. The van der Waals surface area contributed by atoms with E-state index in [9.17, 15) is 14.7 Å². The number of piperidine rings is 2. The van der Waals surface area contributed by atoms with Gasteiger partial charge in [-0.05, 0) is 44.4 Å². The third kappa shape index (κ3) is 5.99. The summed E-state index contributed by atoms with van der Waals surface area (Å²) in [5.74, 6) is -0.0851. The van der Waals surface area contributed by atoms with Crippen molar-refractivity contribution in [2.75, 3.05) is 32.7 Å². The second kappa shape index (κ2) is 11.4. The number of aliphatic carboxylic acids is 1. The Morgan fingerprint density at radius 3 is 2.54 bits per heavy atom. The molecule has 1 saturated carbocycles. The molecule has 4 saturated heterocycles. The number of hydrogen-bond acceptors (Lipinski definition) is 7. The highest BCUT2D eigenvalue weighted by molar-refractivity contribution is 5.76. The summed E-state index contributed by atoms with van der Waals surface area (Å²) in [6.45, 7) is 5.33. The fourth-order valence-electron chi connectivity index (χ4n) is 7.50. The summed E-state index contributed by atoms with van der Waals surface area (Å²) in [4.78, 5) is 33.0. The molecular formula is C25H45N6O4+. The Morgan fingerprint density at radius 2 is 1.83 bits per heavy atom. The van der Waals surface area contributed by atoms with Gasteiger partial charge in [-0.25, -0.2) is 0 Å². The first-order valence-electron chi connectivity index (χ1n) is 14.1. The van der Waals surface area contributed by atoms with Gasteiger partial charge in [0.2, 0.25) is 5.91 Å². The van der Waals surface area contributed by atoms with Crippen LogP contribution in [-0.4, -0.2) is 74.1 Å². The largest absolute Gasteiger partial charge is 0.550 e. The predicted molar refractivity (Wildman–Crippen MR) is 126 cm³/mol. The number of carboxylic acids is 1. The number of quaternary nitrogens is 2. The number of hydrogen-bond donors (Lipinski definition) is 5. The Balaban J connectivity index is 1.09. The molecule has 0 bridgehead atoms. The van der Waals surface area contributed by atoms with Crippen molar-refractivity contribution in [3.63, 3.8) is 0 Å². The number of nitrogens with one attached hydrogen (secondary N) is 3. The minimum atomic E-state index is -0.867. The number of carbonyl (C=O) groups is 2. The molecule has 10 heteroatoms. The van der Waals surface area contributed by atoms with Gasteiger partial charge in [-0.3, -0.25) is 19.8 Å². The maximum atomic E-state index is 11.5. The van der Waals surface area contributed by atoms with Gasteiger partial charge in [0.25, 0.3) is 0 Å². The lowest BCUT2D eigenvalue weighted by atomic mass is 9.82. The van der Waals surface area contributed by atoms with Crippen molar-refractivity contribution < 1.29 is 29.7 Å². The topological polar surface area (TPSA) is 141 Å². The van der Waals surface area contributed by atoms with Gasteiger partial charge >= 0.3 is 0 Å². The van der Waals surface area contributed by atoms with E-state index in [0.717, 1.165) is 77.5 Å². The first kappa shape index (κ1) is 25.4. The van der Waals surface area contributed by atoms with E-state index < -0.39 is 5.97 Å². The first-order valence-corrected chi connectivity index (χ1v) is 14.1. The van der Waals surface area contributed by atoms with Crippen LogP contribution in [0.25, 0.3) is 0 Å². The summed E-state index contributed by atoms with van der Waals surface area (Å²) >= 11 is 0. The molecule has 4 heterocycles. The van der Waals surface area contributed by atoms with E-state index in [-0.39, 0.29) is 30.1 Å². The number of carbonyl (C=O) groups excluding carboxylic acids is 2. The van der Waals surface area contributed by atoms with Gasteiger partial charge in [0.1, 0.15) is 12.2 Å². The molecule has 35 heavy (non-hydrogen) atoms. The molecule has 5 rings (SSSR count). The number of primary amides is 1. The molecule has 198 valence electrons. The molecule has 0 radical (unpaired) electrons. The average Bonchev–Trinajstić information content (AvgIpc) is 3.54. The summed E-state index contributed by atoms with van der Waals surface area (Å²) in [6, 6.07) is 0.449. The van der Waals surface area contributed by atoms with Crippen molar-refractivity contribution in [3.8, 4) is 0 Å².